The number of fused-ring (bicyclic) bond motifs is 1. The highest BCUT2D eigenvalue weighted by molar-refractivity contribution is 6.02. The van der Waals surface area contributed by atoms with Crippen LogP contribution < -0.4 is 10.1 Å². The van der Waals surface area contributed by atoms with Crippen molar-refractivity contribution >= 4 is 23.4 Å². The molecule has 1 aliphatic heterocycles. The summed E-state index contributed by atoms with van der Waals surface area (Å²) in [7, 11) is 0. The number of nitrogens with one attached hydrogen (secondary N) is 1. The maximum atomic E-state index is 12.2. The van der Waals surface area contributed by atoms with Gasteiger partial charge in [0.1, 0.15) is 5.75 Å². The quantitative estimate of drug-likeness (QED) is 0.513. The van der Waals surface area contributed by atoms with Crippen molar-refractivity contribution in [2.75, 3.05) is 12.1 Å². The van der Waals surface area contributed by atoms with Crippen LogP contribution in [0.3, 0.4) is 0 Å². The van der Waals surface area contributed by atoms with Gasteiger partial charge in [0.15, 0.2) is 6.79 Å². The zero-order valence-corrected chi connectivity index (χ0v) is 14.4. The number of benzene rings is 2. The minimum absolute atomic E-state index is 0.0698. The van der Waals surface area contributed by atoms with Gasteiger partial charge < -0.3 is 14.8 Å². The van der Waals surface area contributed by atoms with Gasteiger partial charge in [0.05, 0.1) is 11.5 Å². The number of anilines is 1. The van der Waals surface area contributed by atoms with Gasteiger partial charge >= 0.3 is 0 Å². The van der Waals surface area contributed by atoms with Crippen LogP contribution in [0.4, 0.5) is 11.4 Å². The lowest BCUT2D eigenvalue weighted by atomic mass is 10.1. The van der Waals surface area contributed by atoms with Gasteiger partial charge in [-0.3, -0.25) is 14.9 Å². The van der Waals surface area contributed by atoms with Crippen molar-refractivity contribution in [3.8, 4) is 5.75 Å². The highest BCUT2D eigenvalue weighted by Crippen LogP contribution is 2.33. The summed E-state index contributed by atoms with van der Waals surface area (Å²) in [4.78, 5) is 22.9. The molecule has 26 heavy (non-hydrogen) atoms. The summed E-state index contributed by atoms with van der Waals surface area (Å²) in [6, 6.07) is 8.58. The van der Waals surface area contributed by atoms with E-state index in [1.807, 2.05) is 32.0 Å². The third-order valence-corrected chi connectivity index (χ3v) is 4.00. The maximum Gasteiger partial charge on any atom is 0.270 e. The van der Waals surface area contributed by atoms with E-state index in [1.165, 1.54) is 24.3 Å². The predicted molar refractivity (Wildman–Crippen MR) is 97.0 cm³/mol. The minimum Gasteiger partial charge on any atom is -0.467 e. The van der Waals surface area contributed by atoms with Gasteiger partial charge in [-0.1, -0.05) is 12.1 Å². The Labute approximate surface area is 150 Å². The van der Waals surface area contributed by atoms with Crippen LogP contribution in [0, 0.1) is 24.0 Å². The smallest absolute Gasteiger partial charge is 0.270 e. The van der Waals surface area contributed by atoms with Crippen LogP contribution in [-0.4, -0.2) is 17.6 Å². The Bertz CT molecular complexity index is 905. The molecule has 2 aromatic rings. The molecule has 1 heterocycles. The van der Waals surface area contributed by atoms with Gasteiger partial charge in [0.25, 0.3) is 5.69 Å². The van der Waals surface area contributed by atoms with E-state index in [9.17, 15) is 14.9 Å². The van der Waals surface area contributed by atoms with E-state index >= 15 is 0 Å². The summed E-state index contributed by atoms with van der Waals surface area (Å²) in [5.74, 6) is 0.170. The second-order valence-corrected chi connectivity index (χ2v) is 6.03. The van der Waals surface area contributed by atoms with Crippen molar-refractivity contribution in [1.82, 2.24) is 0 Å². The molecule has 0 bridgehead atoms. The van der Waals surface area contributed by atoms with Gasteiger partial charge in [-0.2, -0.15) is 0 Å². The first-order valence-electron chi connectivity index (χ1n) is 8.02. The van der Waals surface area contributed by atoms with E-state index in [0.717, 1.165) is 16.8 Å². The maximum absolute atomic E-state index is 12.2. The number of hydrogen-bond donors (Lipinski definition) is 1. The van der Waals surface area contributed by atoms with E-state index in [1.54, 1.807) is 0 Å². The first-order valence-corrected chi connectivity index (χ1v) is 8.02. The van der Waals surface area contributed by atoms with Crippen LogP contribution in [0.2, 0.25) is 0 Å². The average molecular weight is 354 g/mol. The standard InChI is InChI=1S/C19H18N2O5/c1-12-3-4-13(2)17(7-12)20-18(22)6-5-14-8-16(21(23)24)9-15-10-25-11-26-19(14)15/h3-9H,10-11H2,1-2H3,(H,20,22)/b6-5+. The Morgan fingerprint density at radius 1 is 1.27 bits per heavy atom. The van der Waals surface area contributed by atoms with Gasteiger partial charge in [-0.05, 0) is 37.1 Å². The minimum atomic E-state index is -0.484. The lowest BCUT2D eigenvalue weighted by Gasteiger charge is -2.19. The van der Waals surface area contributed by atoms with E-state index in [0.29, 0.717) is 16.9 Å². The Balaban J connectivity index is 1.85. The highest BCUT2D eigenvalue weighted by atomic mass is 16.7. The second kappa shape index (κ2) is 7.37. The molecule has 1 aliphatic rings. The fourth-order valence-corrected chi connectivity index (χ4v) is 2.67. The largest absolute Gasteiger partial charge is 0.467 e. The summed E-state index contributed by atoms with van der Waals surface area (Å²) < 4.78 is 10.6. The Hall–Kier alpha value is -3.19. The van der Waals surface area contributed by atoms with E-state index < -0.39 is 4.92 Å². The number of rotatable bonds is 4. The van der Waals surface area contributed by atoms with Crippen LogP contribution in [0.15, 0.2) is 36.4 Å². The summed E-state index contributed by atoms with van der Waals surface area (Å²) in [5, 5.41) is 13.9. The number of nitrogens with zero attached hydrogens (tertiary/aromatic N) is 1. The lowest BCUT2D eigenvalue weighted by Crippen LogP contribution is -2.13. The topological polar surface area (TPSA) is 90.7 Å². The van der Waals surface area contributed by atoms with Gasteiger partial charge in [-0.25, -0.2) is 0 Å². The van der Waals surface area contributed by atoms with Crippen LogP contribution >= 0.6 is 0 Å². The second-order valence-electron chi connectivity index (χ2n) is 6.03. The number of hydrogen-bond acceptors (Lipinski definition) is 5. The zero-order chi connectivity index (χ0) is 18.7. The molecule has 0 spiro atoms. The molecule has 0 saturated carbocycles. The Kier molecular flexibility index (Phi) is 4.99. The van der Waals surface area contributed by atoms with Crippen LogP contribution in [-0.2, 0) is 16.1 Å². The van der Waals surface area contributed by atoms with E-state index in [2.05, 4.69) is 5.32 Å². The van der Waals surface area contributed by atoms with Crippen molar-refractivity contribution in [3.05, 3.63) is 68.8 Å². The molecule has 0 radical (unpaired) electrons. The molecule has 0 aliphatic carbocycles. The lowest BCUT2D eigenvalue weighted by molar-refractivity contribution is -0.385. The normalized spacial score (nSPS) is 13.2. The zero-order valence-electron chi connectivity index (χ0n) is 14.4. The van der Waals surface area contributed by atoms with E-state index in [4.69, 9.17) is 9.47 Å². The molecular formula is C19H18N2O5. The van der Waals surface area contributed by atoms with Crippen molar-refractivity contribution in [2.45, 2.75) is 20.5 Å². The van der Waals surface area contributed by atoms with Crippen LogP contribution in [0.1, 0.15) is 22.3 Å². The van der Waals surface area contributed by atoms with Crippen LogP contribution in [0.5, 0.6) is 5.75 Å². The summed E-state index contributed by atoms with van der Waals surface area (Å²) in [5.41, 5.74) is 3.69. The number of carbonyl (C=O) groups is 1. The van der Waals surface area contributed by atoms with Gasteiger partial charge in [0.2, 0.25) is 5.91 Å². The van der Waals surface area contributed by atoms with E-state index in [-0.39, 0.29) is 25.0 Å². The van der Waals surface area contributed by atoms with Crippen molar-refractivity contribution in [3.63, 3.8) is 0 Å². The number of aryl methyl sites for hydroxylation is 2. The van der Waals surface area contributed by atoms with Crippen molar-refractivity contribution in [1.29, 1.82) is 0 Å². The number of ether oxygens (including phenoxy) is 2. The third-order valence-electron chi connectivity index (χ3n) is 4.00. The molecule has 7 heteroatoms. The number of nitro groups is 1. The molecule has 0 fully saturated rings. The molecule has 3 rings (SSSR count). The number of nitro benzene ring substituents is 1. The molecule has 1 amide bonds. The fraction of sp³-hybridized carbons (Fsp3) is 0.211. The van der Waals surface area contributed by atoms with Crippen LogP contribution in [0.25, 0.3) is 6.08 Å². The number of carbonyl (C=O) groups excluding carboxylic acids is 1. The molecule has 2 aromatic carbocycles. The molecule has 0 unspecified atom stereocenters. The third kappa shape index (κ3) is 3.89. The average Bonchev–Trinajstić information content (AvgIpc) is 2.62. The summed E-state index contributed by atoms with van der Waals surface area (Å²) in [6.45, 7) is 4.15. The molecule has 7 nitrogen and oxygen atoms in total. The molecule has 134 valence electrons. The predicted octanol–water partition coefficient (Wildman–Crippen LogP) is 3.73. The van der Waals surface area contributed by atoms with Gasteiger partial charge in [0, 0.05) is 35.0 Å². The number of non-ortho nitro benzene ring substituents is 1. The SMILES string of the molecule is Cc1ccc(C)c(NC(=O)/C=C/c2cc([N+](=O)[O-])cc3c2OCOC3)c1. The summed E-state index contributed by atoms with van der Waals surface area (Å²) in [6.07, 6.45) is 2.84. The first kappa shape index (κ1) is 17.6. The van der Waals surface area contributed by atoms with Gasteiger partial charge in [-0.15, -0.1) is 0 Å². The fourth-order valence-electron chi connectivity index (χ4n) is 2.67. The van der Waals surface area contributed by atoms with Crippen molar-refractivity contribution in [2.24, 2.45) is 0 Å². The molecule has 0 aromatic heterocycles. The highest BCUT2D eigenvalue weighted by Gasteiger charge is 2.19. The monoisotopic (exact) mass is 354 g/mol. The molecule has 0 saturated heterocycles. The number of amides is 1. The first-order chi connectivity index (χ1) is 12.4. The molecular weight excluding hydrogens is 336 g/mol. The summed E-state index contributed by atoms with van der Waals surface area (Å²) >= 11 is 0. The van der Waals surface area contributed by atoms with Crippen molar-refractivity contribution < 1.29 is 19.2 Å². The molecule has 1 N–H and O–H groups in total. The Morgan fingerprint density at radius 2 is 2.08 bits per heavy atom. The molecule has 0 atom stereocenters. The Morgan fingerprint density at radius 3 is 2.85 bits per heavy atom.